The van der Waals surface area contributed by atoms with Gasteiger partial charge >= 0.3 is 0 Å². The average molecular weight is 264 g/mol. The van der Waals surface area contributed by atoms with E-state index in [1.54, 1.807) is 18.2 Å². The van der Waals surface area contributed by atoms with Crippen molar-refractivity contribution in [1.29, 1.82) is 0 Å². The topological polar surface area (TPSA) is 76.5 Å². The van der Waals surface area contributed by atoms with E-state index in [1.807, 2.05) is 13.8 Å². The molecule has 1 aromatic rings. The lowest BCUT2D eigenvalue weighted by Crippen LogP contribution is -2.36. The molecule has 0 atom stereocenters. The summed E-state index contributed by atoms with van der Waals surface area (Å²) < 4.78 is 0. The van der Waals surface area contributed by atoms with E-state index >= 15 is 0 Å². The number of rotatable bonds is 4. The molecule has 0 aliphatic heterocycles. The Morgan fingerprint density at radius 3 is 2.72 bits per heavy atom. The summed E-state index contributed by atoms with van der Waals surface area (Å²) in [5.41, 5.74) is 3.15. The number of carboxylic acid groups (broad SMARTS) is 1. The van der Waals surface area contributed by atoms with E-state index in [0.717, 1.165) is 0 Å². The number of aromatic carboxylic acids is 1. The number of hydrazone groups is 1. The highest BCUT2D eigenvalue weighted by Gasteiger charge is 1.99. The molecular formula is C12H14N3O2S-. The predicted octanol–water partition coefficient (Wildman–Crippen LogP) is 0.256. The Balaban J connectivity index is 2.68. The molecule has 0 aromatic heterocycles. The highest BCUT2D eigenvalue weighted by molar-refractivity contribution is 7.80. The zero-order valence-corrected chi connectivity index (χ0v) is 11.0. The van der Waals surface area contributed by atoms with E-state index in [4.69, 9.17) is 12.2 Å². The van der Waals surface area contributed by atoms with Crippen LogP contribution in [0.25, 0.3) is 0 Å². The van der Waals surface area contributed by atoms with Crippen molar-refractivity contribution in [3.8, 4) is 0 Å². The number of carbonyl (C=O) groups excluding carboxylic acids is 1. The fourth-order valence-corrected chi connectivity index (χ4v) is 1.54. The molecule has 5 nitrogen and oxygen atoms in total. The molecule has 1 aromatic carbocycles. The highest BCUT2D eigenvalue weighted by atomic mass is 32.1. The van der Waals surface area contributed by atoms with E-state index in [2.05, 4.69) is 15.8 Å². The Kier molecular flexibility index (Phi) is 5.26. The standard InChI is InChI=1S/C12H15N3O2S/c1-8(2)14-12(18)15-13-7-9-5-3-4-6-10(9)11(16)17/h3-8H,1-2H3,(H,16,17)(H2,14,15,18)/p-1. The molecule has 1 rings (SSSR count). The quantitative estimate of drug-likeness (QED) is 0.463. The summed E-state index contributed by atoms with van der Waals surface area (Å²) in [4.78, 5) is 10.8. The third kappa shape index (κ3) is 4.50. The molecule has 6 heteroatoms. The largest absolute Gasteiger partial charge is 0.545 e. The molecule has 0 radical (unpaired) electrons. The van der Waals surface area contributed by atoms with Gasteiger partial charge in [0, 0.05) is 17.2 Å². The first kappa shape index (κ1) is 14.1. The van der Waals surface area contributed by atoms with Crippen molar-refractivity contribution in [2.24, 2.45) is 5.10 Å². The minimum atomic E-state index is -1.24. The van der Waals surface area contributed by atoms with Gasteiger partial charge in [0.25, 0.3) is 0 Å². The number of carbonyl (C=O) groups is 1. The van der Waals surface area contributed by atoms with E-state index in [-0.39, 0.29) is 11.6 Å². The Bertz CT molecular complexity index is 472. The lowest BCUT2D eigenvalue weighted by Gasteiger charge is -2.10. The average Bonchev–Trinajstić information content (AvgIpc) is 2.28. The van der Waals surface area contributed by atoms with Crippen LogP contribution in [0.15, 0.2) is 29.4 Å². The first-order chi connectivity index (χ1) is 8.50. The number of carboxylic acids is 1. The zero-order chi connectivity index (χ0) is 13.5. The Hall–Kier alpha value is -1.95. The first-order valence-electron chi connectivity index (χ1n) is 5.40. The number of nitrogens with zero attached hydrogens (tertiary/aromatic N) is 1. The fourth-order valence-electron chi connectivity index (χ4n) is 1.25. The second-order valence-electron chi connectivity index (χ2n) is 3.87. The van der Waals surface area contributed by atoms with Gasteiger partial charge in [0.1, 0.15) is 0 Å². The lowest BCUT2D eigenvalue weighted by atomic mass is 10.1. The summed E-state index contributed by atoms with van der Waals surface area (Å²) >= 11 is 4.97. The van der Waals surface area contributed by atoms with Crippen LogP contribution in [0.2, 0.25) is 0 Å². The molecule has 0 unspecified atom stereocenters. The molecule has 0 aliphatic carbocycles. The summed E-state index contributed by atoms with van der Waals surface area (Å²) in [6.07, 6.45) is 1.39. The van der Waals surface area contributed by atoms with Gasteiger partial charge in [-0.15, -0.1) is 0 Å². The Morgan fingerprint density at radius 1 is 1.44 bits per heavy atom. The molecule has 0 saturated heterocycles. The number of hydrogen-bond acceptors (Lipinski definition) is 4. The second-order valence-corrected chi connectivity index (χ2v) is 4.28. The van der Waals surface area contributed by atoms with E-state index in [1.165, 1.54) is 12.3 Å². The fraction of sp³-hybridized carbons (Fsp3) is 0.250. The molecule has 0 bridgehead atoms. The van der Waals surface area contributed by atoms with E-state index in [0.29, 0.717) is 10.7 Å². The third-order valence-corrected chi connectivity index (χ3v) is 2.18. The molecule has 0 amide bonds. The van der Waals surface area contributed by atoms with Crippen LogP contribution in [0.3, 0.4) is 0 Å². The van der Waals surface area contributed by atoms with Crippen LogP contribution < -0.4 is 15.8 Å². The van der Waals surface area contributed by atoms with Crippen LogP contribution in [0.1, 0.15) is 29.8 Å². The van der Waals surface area contributed by atoms with Gasteiger partial charge in [-0.3, -0.25) is 5.43 Å². The van der Waals surface area contributed by atoms with Crippen molar-refractivity contribution >= 4 is 29.5 Å². The summed E-state index contributed by atoms with van der Waals surface area (Å²) in [6, 6.07) is 6.64. The molecule has 0 aliphatic rings. The van der Waals surface area contributed by atoms with Crippen molar-refractivity contribution in [2.45, 2.75) is 19.9 Å². The third-order valence-electron chi connectivity index (χ3n) is 1.97. The van der Waals surface area contributed by atoms with Gasteiger partial charge in [0.2, 0.25) is 0 Å². The molecular weight excluding hydrogens is 250 g/mol. The minimum Gasteiger partial charge on any atom is -0.545 e. The van der Waals surface area contributed by atoms with Crippen molar-refractivity contribution < 1.29 is 9.90 Å². The molecule has 0 fully saturated rings. The van der Waals surface area contributed by atoms with Gasteiger partial charge in [-0.25, -0.2) is 0 Å². The van der Waals surface area contributed by atoms with Crippen LogP contribution in [-0.4, -0.2) is 23.3 Å². The maximum Gasteiger partial charge on any atom is 0.187 e. The van der Waals surface area contributed by atoms with Crippen LogP contribution in [0.5, 0.6) is 0 Å². The Morgan fingerprint density at radius 2 is 2.11 bits per heavy atom. The number of nitrogens with one attached hydrogen (secondary N) is 2. The van der Waals surface area contributed by atoms with E-state index in [9.17, 15) is 9.90 Å². The molecule has 0 saturated carbocycles. The predicted molar refractivity (Wildman–Crippen MR) is 72.4 cm³/mol. The van der Waals surface area contributed by atoms with Crippen LogP contribution in [-0.2, 0) is 0 Å². The molecule has 18 heavy (non-hydrogen) atoms. The minimum absolute atomic E-state index is 0.0887. The summed E-state index contributed by atoms with van der Waals surface area (Å²) in [5, 5.41) is 18.0. The lowest BCUT2D eigenvalue weighted by molar-refractivity contribution is -0.255. The van der Waals surface area contributed by atoms with Gasteiger partial charge < -0.3 is 15.2 Å². The van der Waals surface area contributed by atoms with Crippen molar-refractivity contribution in [2.75, 3.05) is 0 Å². The first-order valence-corrected chi connectivity index (χ1v) is 5.81. The van der Waals surface area contributed by atoms with Gasteiger partial charge in [-0.2, -0.15) is 5.10 Å². The Labute approximate surface area is 111 Å². The maximum atomic E-state index is 10.8. The smallest absolute Gasteiger partial charge is 0.187 e. The second kappa shape index (κ2) is 6.70. The monoisotopic (exact) mass is 264 g/mol. The molecule has 0 heterocycles. The molecule has 0 spiro atoms. The van der Waals surface area contributed by atoms with Crippen molar-refractivity contribution in [3.05, 3.63) is 35.4 Å². The van der Waals surface area contributed by atoms with E-state index < -0.39 is 5.97 Å². The summed E-state index contributed by atoms with van der Waals surface area (Å²) in [7, 11) is 0. The van der Waals surface area contributed by atoms with Crippen molar-refractivity contribution in [3.63, 3.8) is 0 Å². The van der Waals surface area contributed by atoms with Crippen LogP contribution >= 0.6 is 12.2 Å². The normalized spacial score (nSPS) is 10.6. The molecule has 2 N–H and O–H groups in total. The van der Waals surface area contributed by atoms with Crippen LogP contribution in [0.4, 0.5) is 0 Å². The number of benzene rings is 1. The van der Waals surface area contributed by atoms with Crippen LogP contribution in [0, 0.1) is 0 Å². The summed E-state index contributed by atoms with van der Waals surface area (Å²) in [6.45, 7) is 3.90. The van der Waals surface area contributed by atoms with Crippen molar-refractivity contribution in [1.82, 2.24) is 10.7 Å². The summed E-state index contributed by atoms with van der Waals surface area (Å²) in [5.74, 6) is -1.24. The van der Waals surface area contributed by atoms with Gasteiger partial charge in [0.15, 0.2) is 5.11 Å². The highest BCUT2D eigenvalue weighted by Crippen LogP contribution is 2.04. The van der Waals surface area contributed by atoms with Gasteiger partial charge in [-0.1, -0.05) is 24.3 Å². The maximum absolute atomic E-state index is 10.8. The number of hydrogen-bond donors (Lipinski definition) is 2. The SMILES string of the molecule is CC(C)NC(=S)NN=Cc1ccccc1C(=O)[O-]. The molecule has 96 valence electrons. The van der Waals surface area contributed by atoms with Gasteiger partial charge in [-0.05, 0) is 26.1 Å². The number of thiocarbonyl (C=S) groups is 1. The van der Waals surface area contributed by atoms with Gasteiger partial charge in [0.05, 0.1) is 12.2 Å². The zero-order valence-electron chi connectivity index (χ0n) is 10.1.